The molecule has 0 spiro atoms. The Morgan fingerprint density at radius 2 is 1.75 bits per heavy atom. The summed E-state index contributed by atoms with van der Waals surface area (Å²) in [6.07, 6.45) is 3.92. The predicted molar refractivity (Wildman–Crippen MR) is 51.8 cm³/mol. The Balaban J connectivity index is 2.37. The summed E-state index contributed by atoms with van der Waals surface area (Å²) in [4.78, 5) is 0. The van der Waals surface area contributed by atoms with Gasteiger partial charge in [-0.3, -0.25) is 0 Å². The first-order valence-corrected chi connectivity index (χ1v) is 5.10. The molecule has 3 atom stereocenters. The maximum atomic E-state index is 6.37. The van der Waals surface area contributed by atoms with Crippen LogP contribution in [0.25, 0.3) is 0 Å². The van der Waals surface area contributed by atoms with Gasteiger partial charge in [0, 0.05) is 5.54 Å². The Bertz CT molecular complexity index is 207. The lowest BCUT2D eigenvalue weighted by Crippen LogP contribution is -2.71. The van der Waals surface area contributed by atoms with E-state index in [9.17, 15) is 0 Å². The van der Waals surface area contributed by atoms with Crippen LogP contribution in [0.2, 0.25) is 0 Å². The van der Waals surface area contributed by atoms with Gasteiger partial charge in [-0.2, -0.15) is 0 Å². The highest BCUT2D eigenvalue weighted by Crippen LogP contribution is 2.70. The SMILES string of the molecule is CC1(N)CCC2CC1(C)C2(C)C. The summed E-state index contributed by atoms with van der Waals surface area (Å²) in [5, 5.41) is 0. The van der Waals surface area contributed by atoms with E-state index in [2.05, 4.69) is 27.7 Å². The van der Waals surface area contributed by atoms with Crippen LogP contribution in [0.1, 0.15) is 47.0 Å². The second-order valence-corrected chi connectivity index (χ2v) is 5.91. The second-order valence-electron chi connectivity index (χ2n) is 5.91. The molecule has 3 aliphatic carbocycles. The lowest BCUT2D eigenvalue weighted by Gasteiger charge is -2.71. The zero-order valence-corrected chi connectivity index (χ0v) is 8.78. The van der Waals surface area contributed by atoms with E-state index in [0.717, 1.165) is 5.92 Å². The Kier molecular flexibility index (Phi) is 1.35. The van der Waals surface area contributed by atoms with Crippen molar-refractivity contribution in [2.45, 2.75) is 52.5 Å². The topological polar surface area (TPSA) is 26.0 Å². The Hall–Kier alpha value is -0.0400. The predicted octanol–water partition coefficient (Wildman–Crippen LogP) is 2.55. The van der Waals surface area contributed by atoms with Gasteiger partial charge in [0.1, 0.15) is 0 Å². The van der Waals surface area contributed by atoms with Crippen LogP contribution in [0.5, 0.6) is 0 Å². The summed E-state index contributed by atoms with van der Waals surface area (Å²) < 4.78 is 0. The van der Waals surface area contributed by atoms with Crippen molar-refractivity contribution >= 4 is 0 Å². The molecular weight excluding hydrogens is 146 g/mol. The summed E-state index contributed by atoms with van der Waals surface area (Å²) in [5.41, 5.74) is 7.32. The summed E-state index contributed by atoms with van der Waals surface area (Å²) in [5.74, 6) is 0.944. The molecule has 0 aromatic rings. The minimum Gasteiger partial charge on any atom is -0.325 e. The molecule has 3 fully saturated rings. The normalized spacial score (nSPS) is 56.2. The van der Waals surface area contributed by atoms with Crippen molar-refractivity contribution in [3.8, 4) is 0 Å². The quantitative estimate of drug-likeness (QED) is 0.589. The molecule has 0 amide bonds. The zero-order valence-electron chi connectivity index (χ0n) is 8.78. The average molecular weight is 167 g/mol. The molecule has 0 aromatic carbocycles. The lowest BCUT2D eigenvalue weighted by atomic mass is 9.35. The molecule has 0 heterocycles. The molecule has 12 heavy (non-hydrogen) atoms. The molecule has 1 heteroatoms. The third-order valence-electron chi connectivity index (χ3n) is 5.37. The van der Waals surface area contributed by atoms with Crippen LogP contribution in [0.15, 0.2) is 0 Å². The molecule has 3 rings (SSSR count). The number of hydrogen-bond donors (Lipinski definition) is 1. The van der Waals surface area contributed by atoms with Crippen LogP contribution in [0, 0.1) is 16.7 Å². The van der Waals surface area contributed by atoms with Gasteiger partial charge in [-0.25, -0.2) is 0 Å². The molecule has 70 valence electrons. The van der Waals surface area contributed by atoms with E-state index >= 15 is 0 Å². The molecule has 0 aliphatic heterocycles. The van der Waals surface area contributed by atoms with E-state index in [0.29, 0.717) is 10.8 Å². The number of rotatable bonds is 0. The van der Waals surface area contributed by atoms with E-state index in [-0.39, 0.29) is 5.54 Å². The molecule has 3 aliphatic rings. The van der Waals surface area contributed by atoms with Crippen molar-refractivity contribution in [3.05, 3.63) is 0 Å². The van der Waals surface area contributed by atoms with Gasteiger partial charge < -0.3 is 5.73 Å². The van der Waals surface area contributed by atoms with Gasteiger partial charge in [0.25, 0.3) is 0 Å². The minimum atomic E-state index is 0.0747. The number of fused-ring (bicyclic) bond motifs is 2. The summed E-state index contributed by atoms with van der Waals surface area (Å²) >= 11 is 0. The zero-order chi connectivity index (χ0) is 9.20. The van der Waals surface area contributed by atoms with Gasteiger partial charge in [-0.05, 0) is 42.9 Å². The maximum absolute atomic E-state index is 6.37. The lowest BCUT2D eigenvalue weighted by molar-refractivity contribution is -0.192. The average Bonchev–Trinajstić information content (AvgIpc) is 1.94. The highest BCUT2D eigenvalue weighted by Gasteiger charge is 2.66. The van der Waals surface area contributed by atoms with Crippen LogP contribution >= 0.6 is 0 Å². The highest BCUT2D eigenvalue weighted by atomic mass is 14.9. The summed E-state index contributed by atoms with van der Waals surface area (Å²) in [7, 11) is 0. The van der Waals surface area contributed by atoms with Crippen LogP contribution in [0.4, 0.5) is 0 Å². The second kappa shape index (κ2) is 1.89. The summed E-state index contributed by atoms with van der Waals surface area (Å²) in [6.45, 7) is 9.41. The summed E-state index contributed by atoms with van der Waals surface area (Å²) in [6, 6.07) is 0. The van der Waals surface area contributed by atoms with Gasteiger partial charge in [0.05, 0.1) is 0 Å². The van der Waals surface area contributed by atoms with E-state index in [1.54, 1.807) is 0 Å². The highest BCUT2D eigenvalue weighted by molar-refractivity contribution is 5.18. The van der Waals surface area contributed by atoms with Crippen LogP contribution in [-0.2, 0) is 0 Å². The van der Waals surface area contributed by atoms with Crippen LogP contribution in [0.3, 0.4) is 0 Å². The van der Waals surface area contributed by atoms with Gasteiger partial charge in [0.15, 0.2) is 0 Å². The Labute approximate surface area is 75.7 Å². The number of hydrogen-bond acceptors (Lipinski definition) is 1. The van der Waals surface area contributed by atoms with E-state index in [4.69, 9.17) is 5.73 Å². The smallest absolute Gasteiger partial charge is 0.0185 e. The number of nitrogens with two attached hydrogens (primary N) is 1. The molecular formula is C11H21N. The minimum absolute atomic E-state index is 0.0747. The van der Waals surface area contributed by atoms with Gasteiger partial charge in [-0.15, -0.1) is 0 Å². The van der Waals surface area contributed by atoms with Gasteiger partial charge in [-0.1, -0.05) is 20.8 Å². The first kappa shape index (κ1) is 8.55. The standard InChI is InChI=1S/C11H21N/c1-9(2)8-5-6-11(4,12)10(9,3)7-8/h8H,5-7,12H2,1-4H3. The first-order chi connectivity index (χ1) is 5.31. The Morgan fingerprint density at radius 1 is 1.17 bits per heavy atom. The van der Waals surface area contributed by atoms with Crippen molar-refractivity contribution < 1.29 is 0 Å². The Morgan fingerprint density at radius 3 is 2.08 bits per heavy atom. The maximum Gasteiger partial charge on any atom is 0.0185 e. The van der Waals surface area contributed by atoms with Crippen molar-refractivity contribution in [2.75, 3.05) is 0 Å². The van der Waals surface area contributed by atoms with E-state index < -0.39 is 0 Å². The van der Waals surface area contributed by atoms with Crippen molar-refractivity contribution in [2.24, 2.45) is 22.5 Å². The fourth-order valence-electron chi connectivity index (χ4n) is 3.51. The monoisotopic (exact) mass is 167 g/mol. The third kappa shape index (κ3) is 0.654. The van der Waals surface area contributed by atoms with Crippen LogP contribution < -0.4 is 5.73 Å². The van der Waals surface area contributed by atoms with E-state index in [1.807, 2.05) is 0 Å². The van der Waals surface area contributed by atoms with Crippen molar-refractivity contribution in [1.82, 2.24) is 0 Å². The van der Waals surface area contributed by atoms with Gasteiger partial charge >= 0.3 is 0 Å². The molecule has 2 bridgehead atoms. The first-order valence-electron chi connectivity index (χ1n) is 5.10. The van der Waals surface area contributed by atoms with Crippen molar-refractivity contribution in [3.63, 3.8) is 0 Å². The fourth-order valence-corrected chi connectivity index (χ4v) is 3.51. The van der Waals surface area contributed by atoms with Crippen molar-refractivity contribution in [1.29, 1.82) is 0 Å². The molecule has 0 saturated heterocycles. The largest absolute Gasteiger partial charge is 0.325 e. The molecule has 3 unspecified atom stereocenters. The molecule has 0 radical (unpaired) electrons. The van der Waals surface area contributed by atoms with Crippen LogP contribution in [-0.4, -0.2) is 5.54 Å². The molecule has 2 N–H and O–H groups in total. The molecule has 1 nitrogen and oxygen atoms in total. The van der Waals surface area contributed by atoms with Gasteiger partial charge in [0.2, 0.25) is 0 Å². The third-order valence-corrected chi connectivity index (χ3v) is 5.37. The van der Waals surface area contributed by atoms with E-state index in [1.165, 1.54) is 19.3 Å². The molecule has 3 saturated carbocycles. The fraction of sp³-hybridized carbons (Fsp3) is 1.00. The molecule has 0 aromatic heterocycles.